The van der Waals surface area contributed by atoms with Crippen molar-refractivity contribution in [1.82, 2.24) is 4.90 Å². The van der Waals surface area contributed by atoms with Gasteiger partial charge in [-0.3, -0.25) is 4.90 Å². The summed E-state index contributed by atoms with van der Waals surface area (Å²) in [5.41, 5.74) is 0.843. The maximum absolute atomic E-state index is 9.37. The molecule has 1 aromatic carbocycles. The van der Waals surface area contributed by atoms with Gasteiger partial charge in [0.1, 0.15) is 17.5 Å². The molecule has 0 aliphatic heterocycles. The van der Waals surface area contributed by atoms with E-state index in [9.17, 15) is 5.26 Å². The van der Waals surface area contributed by atoms with Crippen LogP contribution in [0.4, 0.5) is 0 Å². The Morgan fingerprint density at radius 3 is 2.56 bits per heavy atom. The molecule has 0 saturated heterocycles. The van der Waals surface area contributed by atoms with Gasteiger partial charge in [0, 0.05) is 5.56 Å². The lowest BCUT2D eigenvalue weighted by Crippen LogP contribution is -2.24. The summed E-state index contributed by atoms with van der Waals surface area (Å²) in [5.74, 6) is 1.45. The summed E-state index contributed by atoms with van der Waals surface area (Å²) in [5, 5.41) is 9.37. The van der Waals surface area contributed by atoms with Crippen LogP contribution in [0, 0.1) is 11.3 Å². The van der Waals surface area contributed by atoms with Gasteiger partial charge in [-0.15, -0.1) is 0 Å². The van der Waals surface area contributed by atoms with Crippen molar-refractivity contribution in [2.75, 3.05) is 27.8 Å². The standard InChI is InChI=1S/C14H20N2O2/c1-5-8-16(2)13(10-15)12-9-11(17-3)6-7-14(12)18-4/h6-7,9,13H,5,8H2,1-4H3. The Bertz CT molecular complexity index is 426. The first-order chi connectivity index (χ1) is 8.67. The van der Waals surface area contributed by atoms with Crippen LogP contribution in [-0.4, -0.2) is 32.7 Å². The smallest absolute Gasteiger partial charge is 0.127 e. The lowest BCUT2D eigenvalue weighted by Gasteiger charge is -2.24. The summed E-state index contributed by atoms with van der Waals surface area (Å²) in [4.78, 5) is 2.01. The van der Waals surface area contributed by atoms with Crippen LogP contribution in [0.15, 0.2) is 18.2 Å². The van der Waals surface area contributed by atoms with Gasteiger partial charge in [-0.05, 0) is 38.2 Å². The van der Waals surface area contributed by atoms with Crippen LogP contribution in [0.2, 0.25) is 0 Å². The second-order valence-electron chi connectivity index (χ2n) is 4.12. The Balaban J connectivity index is 3.14. The Labute approximate surface area is 109 Å². The molecule has 0 radical (unpaired) electrons. The highest BCUT2D eigenvalue weighted by molar-refractivity contribution is 5.44. The first kappa shape index (κ1) is 14.3. The Morgan fingerprint density at radius 2 is 2.06 bits per heavy atom. The lowest BCUT2D eigenvalue weighted by atomic mass is 10.0. The number of nitrogens with zero attached hydrogens (tertiary/aromatic N) is 2. The molecule has 1 unspecified atom stereocenters. The third-order valence-corrected chi connectivity index (χ3v) is 2.87. The van der Waals surface area contributed by atoms with Gasteiger partial charge < -0.3 is 9.47 Å². The molecule has 18 heavy (non-hydrogen) atoms. The third kappa shape index (κ3) is 3.14. The SMILES string of the molecule is CCCN(C)C(C#N)c1cc(OC)ccc1OC. The van der Waals surface area contributed by atoms with Crippen molar-refractivity contribution in [1.29, 1.82) is 5.26 Å². The van der Waals surface area contributed by atoms with Crippen molar-refractivity contribution < 1.29 is 9.47 Å². The summed E-state index contributed by atoms with van der Waals surface area (Å²) in [6.07, 6.45) is 1.00. The summed E-state index contributed by atoms with van der Waals surface area (Å²) in [6, 6.07) is 7.52. The molecule has 98 valence electrons. The fourth-order valence-corrected chi connectivity index (χ4v) is 1.94. The third-order valence-electron chi connectivity index (χ3n) is 2.87. The maximum Gasteiger partial charge on any atom is 0.127 e. The van der Waals surface area contributed by atoms with E-state index in [1.165, 1.54) is 0 Å². The first-order valence-electron chi connectivity index (χ1n) is 5.99. The summed E-state index contributed by atoms with van der Waals surface area (Å²) in [7, 11) is 5.17. The van der Waals surface area contributed by atoms with Gasteiger partial charge in [0.25, 0.3) is 0 Å². The van der Waals surface area contributed by atoms with Crippen LogP contribution in [-0.2, 0) is 0 Å². The van der Waals surface area contributed by atoms with Crippen molar-refractivity contribution in [3.05, 3.63) is 23.8 Å². The molecule has 0 aliphatic rings. The molecule has 0 aliphatic carbocycles. The molecular formula is C14H20N2O2. The molecule has 1 aromatic rings. The second kappa shape index (κ2) is 6.87. The Morgan fingerprint density at radius 1 is 1.33 bits per heavy atom. The van der Waals surface area contributed by atoms with E-state index in [2.05, 4.69) is 13.0 Å². The zero-order valence-corrected chi connectivity index (χ0v) is 11.4. The van der Waals surface area contributed by atoms with Crippen LogP contribution >= 0.6 is 0 Å². The quantitative estimate of drug-likeness (QED) is 0.776. The number of rotatable bonds is 6. The van der Waals surface area contributed by atoms with Crippen molar-refractivity contribution in [3.63, 3.8) is 0 Å². The lowest BCUT2D eigenvalue weighted by molar-refractivity contribution is 0.283. The van der Waals surface area contributed by atoms with E-state index in [4.69, 9.17) is 9.47 Å². The minimum Gasteiger partial charge on any atom is -0.497 e. The zero-order valence-electron chi connectivity index (χ0n) is 11.4. The number of hydrogen-bond donors (Lipinski definition) is 0. The van der Waals surface area contributed by atoms with E-state index in [1.54, 1.807) is 14.2 Å². The zero-order chi connectivity index (χ0) is 13.5. The second-order valence-corrected chi connectivity index (χ2v) is 4.12. The highest BCUT2D eigenvalue weighted by Gasteiger charge is 2.20. The van der Waals surface area contributed by atoms with Crippen LogP contribution in [0.25, 0.3) is 0 Å². The van der Waals surface area contributed by atoms with Crippen LogP contribution in [0.1, 0.15) is 24.9 Å². The van der Waals surface area contributed by atoms with Gasteiger partial charge in [0.15, 0.2) is 0 Å². The molecule has 0 aromatic heterocycles. The molecule has 0 fully saturated rings. The predicted molar refractivity (Wildman–Crippen MR) is 70.8 cm³/mol. The summed E-state index contributed by atoms with van der Waals surface area (Å²) >= 11 is 0. The number of methoxy groups -OCH3 is 2. The van der Waals surface area contributed by atoms with Crippen molar-refractivity contribution in [2.24, 2.45) is 0 Å². The van der Waals surface area contributed by atoms with Gasteiger partial charge in [-0.2, -0.15) is 5.26 Å². The average Bonchev–Trinajstić information content (AvgIpc) is 2.39. The van der Waals surface area contributed by atoms with Gasteiger partial charge in [-0.1, -0.05) is 6.92 Å². The van der Waals surface area contributed by atoms with E-state index in [1.807, 2.05) is 30.1 Å². The first-order valence-corrected chi connectivity index (χ1v) is 5.99. The van der Waals surface area contributed by atoms with E-state index in [0.29, 0.717) is 5.75 Å². The van der Waals surface area contributed by atoms with Gasteiger partial charge in [0.2, 0.25) is 0 Å². The highest BCUT2D eigenvalue weighted by atomic mass is 16.5. The van der Waals surface area contributed by atoms with Crippen LogP contribution in [0.3, 0.4) is 0 Å². The molecule has 4 nitrogen and oxygen atoms in total. The van der Waals surface area contributed by atoms with Crippen molar-refractivity contribution >= 4 is 0 Å². The van der Waals surface area contributed by atoms with Crippen LogP contribution in [0.5, 0.6) is 11.5 Å². The van der Waals surface area contributed by atoms with Crippen molar-refractivity contribution in [2.45, 2.75) is 19.4 Å². The van der Waals surface area contributed by atoms with Gasteiger partial charge in [-0.25, -0.2) is 0 Å². The molecule has 0 N–H and O–H groups in total. The van der Waals surface area contributed by atoms with E-state index >= 15 is 0 Å². The van der Waals surface area contributed by atoms with E-state index in [-0.39, 0.29) is 6.04 Å². The minimum absolute atomic E-state index is 0.324. The Kier molecular flexibility index (Phi) is 5.47. The average molecular weight is 248 g/mol. The summed E-state index contributed by atoms with van der Waals surface area (Å²) < 4.78 is 10.5. The largest absolute Gasteiger partial charge is 0.497 e. The number of nitriles is 1. The van der Waals surface area contributed by atoms with E-state index in [0.717, 1.165) is 24.3 Å². The summed E-state index contributed by atoms with van der Waals surface area (Å²) in [6.45, 7) is 2.95. The maximum atomic E-state index is 9.37. The monoisotopic (exact) mass is 248 g/mol. The number of ether oxygens (including phenoxy) is 2. The molecule has 1 rings (SSSR count). The predicted octanol–water partition coefficient (Wildman–Crippen LogP) is 2.61. The number of hydrogen-bond acceptors (Lipinski definition) is 4. The fraction of sp³-hybridized carbons (Fsp3) is 0.500. The number of benzene rings is 1. The molecule has 0 spiro atoms. The molecule has 0 amide bonds. The van der Waals surface area contributed by atoms with Gasteiger partial charge >= 0.3 is 0 Å². The molecule has 0 saturated carbocycles. The molecule has 1 atom stereocenters. The molecule has 0 bridgehead atoms. The topological polar surface area (TPSA) is 45.5 Å². The normalized spacial score (nSPS) is 12.0. The molecular weight excluding hydrogens is 228 g/mol. The minimum atomic E-state index is -0.324. The van der Waals surface area contributed by atoms with Crippen molar-refractivity contribution in [3.8, 4) is 17.6 Å². The molecule has 4 heteroatoms. The molecule has 0 heterocycles. The van der Waals surface area contributed by atoms with E-state index < -0.39 is 0 Å². The Hall–Kier alpha value is -1.73. The fourth-order valence-electron chi connectivity index (χ4n) is 1.94. The van der Waals surface area contributed by atoms with Gasteiger partial charge in [0.05, 0.1) is 20.3 Å². The van der Waals surface area contributed by atoms with Crippen LogP contribution < -0.4 is 9.47 Å². The highest BCUT2D eigenvalue weighted by Crippen LogP contribution is 2.31.